The number of aliphatic imine (C=N–C) groups is 1. The van der Waals surface area contributed by atoms with Crippen LogP contribution in [0.5, 0.6) is 11.5 Å². The number of hydrogen-bond donors (Lipinski definition) is 1. The minimum Gasteiger partial charge on any atom is -0.497 e. The molecule has 3 aromatic rings. The number of carbonyl (C=O) groups excluding carboxylic acids is 2. The monoisotopic (exact) mass is 493 g/mol. The Morgan fingerprint density at radius 2 is 1.77 bits per heavy atom. The maximum atomic E-state index is 13.4. The van der Waals surface area contributed by atoms with Crippen LogP contribution in [0.2, 0.25) is 0 Å². The summed E-state index contributed by atoms with van der Waals surface area (Å²) in [6.45, 7) is 0.275. The van der Waals surface area contributed by atoms with Crippen molar-refractivity contribution < 1.29 is 23.5 Å². The predicted octanol–water partition coefficient (Wildman–Crippen LogP) is 5.00. The normalized spacial score (nSPS) is 16.8. The molecule has 1 fully saturated rings. The lowest BCUT2D eigenvalue weighted by Crippen LogP contribution is -2.44. The summed E-state index contributed by atoms with van der Waals surface area (Å²) in [5.74, 6) is 0.283. The van der Waals surface area contributed by atoms with Gasteiger partial charge in [-0.2, -0.15) is 0 Å². The maximum absolute atomic E-state index is 13.4. The highest BCUT2D eigenvalue weighted by Crippen LogP contribution is 2.32. The third kappa shape index (κ3) is 5.99. The second kappa shape index (κ2) is 11.1. The van der Waals surface area contributed by atoms with Crippen LogP contribution in [-0.4, -0.2) is 41.4 Å². The molecule has 0 unspecified atom stereocenters. The number of methoxy groups -OCH3 is 2. The summed E-state index contributed by atoms with van der Waals surface area (Å²) in [6.07, 6.45) is 0.00421. The van der Waals surface area contributed by atoms with Crippen molar-refractivity contribution in [3.63, 3.8) is 0 Å². The number of benzene rings is 3. The van der Waals surface area contributed by atoms with Crippen molar-refractivity contribution in [1.29, 1.82) is 0 Å². The van der Waals surface area contributed by atoms with Crippen LogP contribution in [0.1, 0.15) is 12.0 Å². The number of para-hydroxylation sites is 2. The standard InChI is InChI=1S/C26H24FN3O4S/c1-33-20-13-7-17(8-14-20)16-30-24(31)15-23(25(32)29-21-5-3-4-6-22(21)34-2)35-26(30)28-19-11-9-18(27)10-12-19/h3-14,23H,15-16H2,1-2H3,(H,29,32)/t23-/m0/s1. The largest absolute Gasteiger partial charge is 0.497 e. The molecule has 1 atom stereocenters. The number of amides is 2. The van der Waals surface area contributed by atoms with E-state index < -0.39 is 5.25 Å². The zero-order valence-corrected chi connectivity index (χ0v) is 20.0. The number of nitrogens with zero attached hydrogens (tertiary/aromatic N) is 2. The summed E-state index contributed by atoms with van der Waals surface area (Å²) < 4.78 is 23.9. The van der Waals surface area contributed by atoms with Gasteiger partial charge < -0.3 is 14.8 Å². The van der Waals surface area contributed by atoms with E-state index in [1.807, 2.05) is 24.3 Å². The van der Waals surface area contributed by atoms with Crippen molar-refractivity contribution in [2.45, 2.75) is 18.2 Å². The van der Waals surface area contributed by atoms with Gasteiger partial charge in [0.05, 0.1) is 32.1 Å². The van der Waals surface area contributed by atoms with Gasteiger partial charge in [0.1, 0.15) is 22.6 Å². The van der Waals surface area contributed by atoms with E-state index in [4.69, 9.17) is 9.47 Å². The molecule has 180 valence electrons. The molecule has 1 N–H and O–H groups in total. The first-order chi connectivity index (χ1) is 17.0. The highest BCUT2D eigenvalue weighted by molar-refractivity contribution is 8.15. The lowest BCUT2D eigenvalue weighted by atomic mass is 10.2. The Hall–Kier alpha value is -3.85. The fourth-order valence-corrected chi connectivity index (χ4v) is 4.60. The molecule has 0 spiro atoms. The van der Waals surface area contributed by atoms with Crippen molar-refractivity contribution in [2.75, 3.05) is 19.5 Å². The molecule has 7 nitrogen and oxygen atoms in total. The first-order valence-corrected chi connectivity index (χ1v) is 11.7. The molecule has 0 bridgehead atoms. The molecule has 4 rings (SSSR count). The van der Waals surface area contributed by atoms with Crippen LogP contribution in [-0.2, 0) is 16.1 Å². The van der Waals surface area contributed by atoms with Crippen LogP contribution < -0.4 is 14.8 Å². The molecule has 9 heteroatoms. The number of hydrogen-bond acceptors (Lipinski definition) is 6. The van der Waals surface area contributed by atoms with Gasteiger partial charge >= 0.3 is 0 Å². The number of halogens is 1. The third-order valence-electron chi connectivity index (χ3n) is 5.35. The summed E-state index contributed by atoms with van der Waals surface area (Å²) in [5, 5.41) is 2.52. The molecule has 35 heavy (non-hydrogen) atoms. The van der Waals surface area contributed by atoms with Gasteiger partial charge in [-0.1, -0.05) is 36.0 Å². The van der Waals surface area contributed by atoms with E-state index in [0.29, 0.717) is 28.0 Å². The van der Waals surface area contributed by atoms with Crippen molar-refractivity contribution in [2.24, 2.45) is 4.99 Å². The second-order valence-corrected chi connectivity index (χ2v) is 8.87. The van der Waals surface area contributed by atoms with Crippen LogP contribution in [0.4, 0.5) is 15.8 Å². The Balaban J connectivity index is 1.59. The van der Waals surface area contributed by atoms with E-state index in [1.165, 1.54) is 43.1 Å². The number of ether oxygens (including phenoxy) is 2. The van der Waals surface area contributed by atoms with Crippen LogP contribution in [0, 0.1) is 5.82 Å². The van der Waals surface area contributed by atoms with Crippen molar-refractivity contribution in [1.82, 2.24) is 4.90 Å². The quantitative estimate of drug-likeness (QED) is 0.501. The number of amidine groups is 1. The summed E-state index contributed by atoms with van der Waals surface area (Å²) in [5.41, 5.74) is 1.88. The van der Waals surface area contributed by atoms with Crippen LogP contribution in [0.25, 0.3) is 0 Å². The number of carbonyl (C=O) groups is 2. The Kier molecular flexibility index (Phi) is 7.67. The molecular weight excluding hydrogens is 469 g/mol. The smallest absolute Gasteiger partial charge is 0.238 e. The highest BCUT2D eigenvalue weighted by Gasteiger charge is 2.36. The van der Waals surface area contributed by atoms with E-state index in [0.717, 1.165) is 5.56 Å². The van der Waals surface area contributed by atoms with Gasteiger partial charge in [-0.05, 0) is 54.1 Å². The Morgan fingerprint density at radius 1 is 1.06 bits per heavy atom. The maximum Gasteiger partial charge on any atom is 0.238 e. The lowest BCUT2D eigenvalue weighted by Gasteiger charge is -2.32. The molecule has 0 aliphatic carbocycles. The lowest BCUT2D eigenvalue weighted by molar-refractivity contribution is -0.129. The van der Waals surface area contributed by atoms with Crippen molar-refractivity contribution >= 4 is 40.1 Å². The summed E-state index contributed by atoms with van der Waals surface area (Å²) >= 11 is 1.19. The van der Waals surface area contributed by atoms with Crippen molar-refractivity contribution in [3.8, 4) is 11.5 Å². The molecule has 0 saturated carbocycles. The SMILES string of the molecule is COc1ccc(CN2C(=O)C[C@@H](C(=O)Nc3ccccc3OC)SC2=Nc2ccc(F)cc2)cc1. The Bertz CT molecular complexity index is 1230. The molecular formula is C26H24FN3O4S. The van der Waals surface area contributed by atoms with E-state index in [1.54, 1.807) is 36.3 Å². The fraction of sp³-hybridized carbons (Fsp3) is 0.192. The van der Waals surface area contributed by atoms with Crippen LogP contribution >= 0.6 is 11.8 Å². The van der Waals surface area contributed by atoms with E-state index >= 15 is 0 Å². The summed E-state index contributed by atoms with van der Waals surface area (Å²) in [4.78, 5) is 32.4. The number of nitrogens with one attached hydrogen (secondary N) is 1. The Morgan fingerprint density at radius 3 is 2.46 bits per heavy atom. The van der Waals surface area contributed by atoms with Crippen LogP contribution in [0.3, 0.4) is 0 Å². The number of thioether (sulfide) groups is 1. The van der Waals surface area contributed by atoms with Crippen LogP contribution in [0.15, 0.2) is 77.8 Å². The molecule has 1 saturated heterocycles. The molecule has 1 aliphatic rings. The van der Waals surface area contributed by atoms with Gasteiger partial charge in [0.2, 0.25) is 11.8 Å². The molecule has 1 aliphatic heterocycles. The first-order valence-electron chi connectivity index (χ1n) is 10.8. The molecule has 0 aromatic heterocycles. The van der Waals surface area contributed by atoms with Gasteiger partial charge in [0.15, 0.2) is 5.17 Å². The summed E-state index contributed by atoms with van der Waals surface area (Å²) in [7, 11) is 3.11. The van der Waals surface area contributed by atoms with Gasteiger partial charge in [0.25, 0.3) is 0 Å². The van der Waals surface area contributed by atoms with Gasteiger partial charge in [0, 0.05) is 6.42 Å². The average molecular weight is 494 g/mol. The van der Waals surface area contributed by atoms with Gasteiger partial charge in [-0.25, -0.2) is 9.38 Å². The number of rotatable bonds is 7. The average Bonchev–Trinajstić information content (AvgIpc) is 2.88. The second-order valence-electron chi connectivity index (χ2n) is 7.70. The van der Waals surface area contributed by atoms with E-state index in [2.05, 4.69) is 10.3 Å². The third-order valence-corrected chi connectivity index (χ3v) is 6.54. The minimum atomic E-state index is -0.696. The van der Waals surface area contributed by atoms with Gasteiger partial charge in [-0.15, -0.1) is 0 Å². The summed E-state index contributed by atoms with van der Waals surface area (Å²) in [6, 6.07) is 20.1. The van der Waals surface area contributed by atoms with Crippen molar-refractivity contribution in [3.05, 3.63) is 84.2 Å². The molecule has 0 radical (unpaired) electrons. The van der Waals surface area contributed by atoms with Gasteiger partial charge in [-0.3, -0.25) is 14.5 Å². The minimum absolute atomic E-state index is 0.00421. The predicted molar refractivity (Wildman–Crippen MR) is 135 cm³/mol. The zero-order valence-electron chi connectivity index (χ0n) is 19.2. The number of anilines is 1. The fourth-order valence-electron chi connectivity index (χ4n) is 3.50. The zero-order chi connectivity index (χ0) is 24.8. The molecule has 2 amide bonds. The molecule has 1 heterocycles. The first kappa shape index (κ1) is 24.3. The molecule has 3 aromatic carbocycles. The topological polar surface area (TPSA) is 80.2 Å². The highest BCUT2D eigenvalue weighted by atomic mass is 32.2. The Labute approximate surface area is 207 Å². The van der Waals surface area contributed by atoms with E-state index in [9.17, 15) is 14.0 Å². The van der Waals surface area contributed by atoms with E-state index in [-0.39, 0.29) is 30.6 Å².